The van der Waals surface area contributed by atoms with Crippen molar-refractivity contribution >= 4 is 29.6 Å². The molecule has 0 aromatic carbocycles. The molecule has 0 radical (unpaired) electrons. The third-order valence-corrected chi connectivity index (χ3v) is 3.25. The second-order valence-electron chi connectivity index (χ2n) is 3.40. The third kappa shape index (κ3) is 10.1. The number of amides is 2. The number of rotatable bonds is 6. The molecule has 0 aliphatic heterocycles. The second-order valence-corrected chi connectivity index (χ2v) is 6.53. The summed E-state index contributed by atoms with van der Waals surface area (Å²) in [6, 6.07) is -0.0775. The molecule has 0 saturated heterocycles. The predicted molar refractivity (Wildman–Crippen MR) is 66.9 cm³/mol. The minimum absolute atomic E-state index is 0.0775. The Hall–Kier alpha value is -0.0300. The maximum atomic E-state index is 11.2. The smallest absolute Gasteiger partial charge is 0.316 e. The van der Waals surface area contributed by atoms with Crippen LogP contribution < -0.4 is 10.6 Å². The SMILES string of the molecule is CC(C)SCNC(=O)NCSC(C)C. The van der Waals surface area contributed by atoms with Gasteiger partial charge in [0.2, 0.25) is 0 Å². The largest absolute Gasteiger partial charge is 0.329 e. The fraction of sp³-hybridized carbons (Fsp3) is 0.889. The Morgan fingerprint density at radius 2 is 1.36 bits per heavy atom. The second kappa shape index (κ2) is 8.29. The van der Waals surface area contributed by atoms with Gasteiger partial charge in [0.15, 0.2) is 0 Å². The lowest BCUT2D eigenvalue weighted by molar-refractivity contribution is 0.244. The molecule has 0 heterocycles. The monoisotopic (exact) mass is 236 g/mol. The summed E-state index contributed by atoms with van der Waals surface area (Å²) in [7, 11) is 0. The molecule has 0 saturated carbocycles. The summed E-state index contributed by atoms with van der Waals surface area (Å²) in [6.45, 7) is 8.44. The van der Waals surface area contributed by atoms with Gasteiger partial charge in [0.1, 0.15) is 0 Å². The Kier molecular flexibility index (Phi) is 8.27. The minimum Gasteiger partial charge on any atom is -0.329 e. The van der Waals surface area contributed by atoms with Gasteiger partial charge in [-0.05, 0) is 0 Å². The average Bonchev–Trinajstić information content (AvgIpc) is 2.02. The van der Waals surface area contributed by atoms with Gasteiger partial charge in [-0.15, -0.1) is 23.5 Å². The van der Waals surface area contributed by atoms with Gasteiger partial charge in [-0.1, -0.05) is 27.7 Å². The number of urea groups is 1. The van der Waals surface area contributed by atoms with Gasteiger partial charge in [-0.25, -0.2) is 4.79 Å². The van der Waals surface area contributed by atoms with Crippen LogP contribution in [0.1, 0.15) is 27.7 Å². The van der Waals surface area contributed by atoms with E-state index in [-0.39, 0.29) is 6.03 Å². The number of nitrogens with one attached hydrogen (secondary N) is 2. The summed E-state index contributed by atoms with van der Waals surface area (Å²) < 4.78 is 0. The molecule has 2 N–H and O–H groups in total. The Bertz CT molecular complexity index is 147. The fourth-order valence-electron chi connectivity index (χ4n) is 0.610. The third-order valence-electron chi connectivity index (χ3n) is 1.30. The predicted octanol–water partition coefficient (Wildman–Crippen LogP) is 2.48. The highest BCUT2D eigenvalue weighted by Gasteiger charge is 2.00. The molecule has 0 fully saturated rings. The van der Waals surface area contributed by atoms with Crippen LogP contribution in [0.4, 0.5) is 4.79 Å². The zero-order chi connectivity index (χ0) is 11.0. The standard InChI is InChI=1S/C9H20N2OS2/c1-7(2)13-5-10-9(12)11-6-14-8(3)4/h7-8H,5-6H2,1-4H3,(H2,10,11,12). The molecule has 0 rings (SSSR count). The highest BCUT2D eigenvalue weighted by atomic mass is 32.2. The molecule has 0 aliphatic rings. The van der Waals surface area contributed by atoms with Gasteiger partial charge in [0, 0.05) is 10.5 Å². The molecule has 84 valence electrons. The van der Waals surface area contributed by atoms with Gasteiger partial charge < -0.3 is 10.6 Å². The van der Waals surface area contributed by atoms with Crippen molar-refractivity contribution in [3.63, 3.8) is 0 Å². The lowest BCUT2D eigenvalue weighted by atomic mass is 10.6. The van der Waals surface area contributed by atoms with Crippen molar-refractivity contribution in [2.45, 2.75) is 38.2 Å². The van der Waals surface area contributed by atoms with E-state index in [4.69, 9.17) is 0 Å². The van der Waals surface area contributed by atoms with Crippen molar-refractivity contribution in [1.29, 1.82) is 0 Å². The Labute approximate surface area is 95.2 Å². The molecule has 0 aromatic heterocycles. The van der Waals surface area contributed by atoms with Crippen LogP contribution in [0.25, 0.3) is 0 Å². The molecular formula is C9H20N2OS2. The highest BCUT2D eigenvalue weighted by Crippen LogP contribution is 2.07. The molecule has 0 aromatic rings. The van der Waals surface area contributed by atoms with Crippen LogP contribution in [0.5, 0.6) is 0 Å². The summed E-state index contributed by atoms with van der Waals surface area (Å²) in [6.07, 6.45) is 0. The maximum absolute atomic E-state index is 11.2. The first-order chi connectivity index (χ1) is 6.52. The maximum Gasteiger partial charge on any atom is 0.316 e. The zero-order valence-corrected chi connectivity index (χ0v) is 10.9. The molecule has 0 atom stereocenters. The lowest BCUT2D eigenvalue weighted by Crippen LogP contribution is -2.35. The first kappa shape index (κ1) is 14.0. The van der Waals surface area contributed by atoms with E-state index in [1.807, 2.05) is 0 Å². The normalized spacial score (nSPS) is 10.7. The van der Waals surface area contributed by atoms with Crippen LogP contribution in [0.3, 0.4) is 0 Å². The van der Waals surface area contributed by atoms with Crippen molar-refractivity contribution in [2.24, 2.45) is 0 Å². The Balaban J connectivity index is 3.28. The van der Waals surface area contributed by atoms with E-state index < -0.39 is 0 Å². The van der Waals surface area contributed by atoms with E-state index in [2.05, 4.69) is 38.3 Å². The first-order valence-corrected chi connectivity index (χ1v) is 6.87. The molecule has 0 bridgehead atoms. The number of carbonyl (C=O) groups excluding carboxylic acids is 1. The average molecular weight is 236 g/mol. The van der Waals surface area contributed by atoms with E-state index >= 15 is 0 Å². The molecule has 0 spiro atoms. The summed E-state index contributed by atoms with van der Waals surface area (Å²) in [5, 5.41) is 6.69. The zero-order valence-electron chi connectivity index (χ0n) is 9.29. The molecule has 14 heavy (non-hydrogen) atoms. The fourth-order valence-corrected chi connectivity index (χ4v) is 1.71. The van der Waals surface area contributed by atoms with Crippen LogP contribution in [-0.4, -0.2) is 28.3 Å². The summed E-state index contributed by atoms with van der Waals surface area (Å²) in [5.74, 6) is 1.35. The van der Waals surface area contributed by atoms with Gasteiger partial charge in [0.05, 0.1) is 11.8 Å². The van der Waals surface area contributed by atoms with Crippen LogP contribution >= 0.6 is 23.5 Å². The molecule has 0 unspecified atom stereocenters. The number of hydrogen-bond donors (Lipinski definition) is 2. The Morgan fingerprint density at radius 1 is 1.00 bits per heavy atom. The quantitative estimate of drug-likeness (QED) is 0.696. The van der Waals surface area contributed by atoms with Crippen molar-refractivity contribution in [3.8, 4) is 0 Å². The van der Waals surface area contributed by atoms with Gasteiger partial charge in [-0.2, -0.15) is 0 Å². The van der Waals surface area contributed by atoms with Crippen molar-refractivity contribution in [2.75, 3.05) is 11.8 Å². The van der Waals surface area contributed by atoms with Crippen molar-refractivity contribution < 1.29 is 4.79 Å². The van der Waals surface area contributed by atoms with Crippen LogP contribution in [0.15, 0.2) is 0 Å². The van der Waals surface area contributed by atoms with E-state index in [9.17, 15) is 4.79 Å². The Morgan fingerprint density at radius 3 is 1.64 bits per heavy atom. The van der Waals surface area contributed by atoms with E-state index in [0.717, 1.165) is 0 Å². The van der Waals surface area contributed by atoms with Crippen LogP contribution in [-0.2, 0) is 0 Å². The first-order valence-electron chi connectivity index (χ1n) is 4.77. The van der Waals surface area contributed by atoms with Gasteiger partial charge in [0.25, 0.3) is 0 Å². The van der Waals surface area contributed by atoms with Crippen LogP contribution in [0.2, 0.25) is 0 Å². The molecule has 3 nitrogen and oxygen atoms in total. The number of thioether (sulfide) groups is 2. The molecular weight excluding hydrogens is 216 g/mol. The molecule has 0 aliphatic carbocycles. The number of carbonyl (C=O) groups is 1. The van der Waals surface area contributed by atoms with E-state index in [1.54, 1.807) is 23.5 Å². The summed E-state index contributed by atoms with van der Waals surface area (Å²) >= 11 is 3.44. The highest BCUT2D eigenvalue weighted by molar-refractivity contribution is 8.00. The van der Waals surface area contributed by atoms with Crippen LogP contribution in [0, 0.1) is 0 Å². The minimum atomic E-state index is -0.0775. The van der Waals surface area contributed by atoms with Crippen molar-refractivity contribution in [3.05, 3.63) is 0 Å². The molecule has 2 amide bonds. The van der Waals surface area contributed by atoms with Gasteiger partial charge in [-0.3, -0.25) is 0 Å². The summed E-state index contributed by atoms with van der Waals surface area (Å²) in [4.78, 5) is 11.2. The summed E-state index contributed by atoms with van der Waals surface area (Å²) in [5.41, 5.74) is 0. The van der Waals surface area contributed by atoms with Crippen molar-refractivity contribution in [1.82, 2.24) is 10.6 Å². The van der Waals surface area contributed by atoms with E-state index in [1.165, 1.54) is 0 Å². The lowest BCUT2D eigenvalue weighted by Gasteiger charge is -2.09. The molecule has 5 heteroatoms. The topological polar surface area (TPSA) is 41.1 Å². The van der Waals surface area contributed by atoms with Gasteiger partial charge >= 0.3 is 6.03 Å². The van der Waals surface area contributed by atoms with E-state index in [0.29, 0.717) is 22.3 Å². The number of hydrogen-bond acceptors (Lipinski definition) is 3.